The smallest absolute Gasteiger partial charge is 0.389 e. The summed E-state index contributed by atoms with van der Waals surface area (Å²) in [4.78, 5) is 0. The zero-order chi connectivity index (χ0) is 15.7. The van der Waals surface area contributed by atoms with Crippen LogP contribution in [0.25, 0.3) is 0 Å². The maximum atomic E-state index is 12.1. The summed E-state index contributed by atoms with van der Waals surface area (Å²) in [5, 5.41) is 0. The molecule has 0 radical (unpaired) electrons. The van der Waals surface area contributed by atoms with E-state index < -0.39 is 12.6 Å². The molecule has 1 aromatic carbocycles. The third kappa shape index (κ3) is 7.22. The second-order valence-corrected chi connectivity index (χ2v) is 4.72. The molecule has 0 bridgehead atoms. The average molecular weight is 305 g/mol. The summed E-state index contributed by atoms with van der Waals surface area (Å²) in [6.45, 7) is 3.06. The number of hydrogen-bond donors (Lipinski definition) is 1. The van der Waals surface area contributed by atoms with Gasteiger partial charge in [-0.25, -0.2) is 0 Å². The van der Waals surface area contributed by atoms with Gasteiger partial charge in [-0.3, -0.25) is 0 Å². The van der Waals surface area contributed by atoms with E-state index in [1.165, 1.54) is 0 Å². The monoisotopic (exact) mass is 305 g/mol. The molecule has 1 aromatic rings. The average Bonchev–Trinajstić information content (AvgIpc) is 2.42. The summed E-state index contributed by atoms with van der Waals surface area (Å²) in [6.07, 6.45) is -3.55. The highest BCUT2D eigenvalue weighted by Crippen LogP contribution is 2.27. The molecule has 0 fully saturated rings. The number of benzene rings is 1. The molecule has 0 saturated carbocycles. The van der Waals surface area contributed by atoms with Crippen LogP contribution in [-0.2, 0) is 6.42 Å². The van der Waals surface area contributed by atoms with Gasteiger partial charge in [-0.15, -0.1) is 0 Å². The van der Waals surface area contributed by atoms with Crippen LogP contribution in [0.15, 0.2) is 18.2 Å². The molecule has 21 heavy (non-hydrogen) atoms. The fourth-order valence-electron chi connectivity index (χ4n) is 1.80. The first-order chi connectivity index (χ1) is 9.96. The number of rotatable bonds is 9. The Balaban J connectivity index is 2.62. The molecule has 6 heteroatoms. The lowest BCUT2D eigenvalue weighted by Gasteiger charge is -2.14. The number of hydrogen-bond acceptors (Lipinski definition) is 3. The lowest BCUT2D eigenvalue weighted by Crippen LogP contribution is -2.11. The van der Waals surface area contributed by atoms with Gasteiger partial charge in [0, 0.05) is 12.5 Å². The van der Waals surface area contributed by atoms with Crippen LogP contribution in [0.3, 0.4) is 0 Å². The molecule has 2 N–H and O–H groups in total. The van der Waals surface area contributed by atoms with Crippen LogP contribution in [0, 0.1) is 0 Å². The van der Waals surface area contributed by atoms with Gasteiger partial charge in [0.15, 0.2) is 0 Å². The van der Waals surface area contributed by atoms with Crippen LogP contribution in [-0.4, -0.2) is 25.9 Å². The molecule has 0 spiro atoms. The minimum atomic E-state index is -4.14. The maximum absolute atomic E-state index is 12.1. The second-order valence-electron chi connectivity index (χ2n) is 4.72. The molecule has 0 unspecified atom stereocenters. The van der Waals surface area contributed by atoms with Crippen molar-refractivity contribution in [1.82, 2.24) is 0 Å². The quantitative estimate of drug-likeness (QED) is 0.708. The van der Waals surface area contributed by atoms with Crippen LogP contribution in [0.1, 0.15) is 31.7 Å². The molecule has 0 saturated heterocycles. The van der Waals surface area contributed by atoms with E-state index >= 15 is 0 Å². The summed E-state index contributed by atoms with van der Waals surface area (Å²) in [5.74, 6) is 1.21. The fourth-order valence-corrected chi connectivity index (χ4v) is 1.80. The van der Waals surface area contributed by atoms with E-state index in [2.05, 4.69) is 0 Å². The Morgan fingerprint density at radius 3 is 2.52 bits per heavy atom. The largest absolute Gasteiger partial charge is 0.493 e. The topological polar surface area (TPSA) is 44.5 Å². The zero-order valence-electron chi connectivity index (χ0n) is 12.2. The van der Waals surface area contributed by atoms with Crippen molar-refractivity contribution in [2.24, 2.45) is 5.73 Å². The molecule has 1 rings (SSSR count). The van der Waals surface area contributed by atoms with Gasteiger partial charge in [-0.2, -0.15) is 13.2 Å². The molecule has 3 nitrogen and oxygen atoms in total. The van der Waals surface area contributed by atoms with Gasteiger partial charge < -0.3 is 15.2 Å². The van der Waals surface area contributed by atoms with Crippen LogP contribution in [0.2, 0.25) is 0 Å². The minimum absolute atomic E-state index is 0.0221. The molecule has 120 valence electrons. The summed E-state index contributed by atoms with van der Waals surface area (Å²) in [7, 11) is 0. The van der Waals surface area contributed by atoms with Crippen LogP contribution < -0.4 is 15.2 Å². The van der Waals surface area contributed by atoms with Crippen molar-refractivity contribution in [1.29, 1.82) is 0 Å². The predicted octanol–water partition coefficient (Wildman–Crippen LogP) is 3.70. The van der Waals surface area contributed by atoms with Gasteiger partial charge in [0.1, 0.15) is 11.5 Å². The van der Waals surface area contributed by atoms with Crippen molar-refractivity contribution in [3.63, 3.8) is 0 Å². The third-order valence-electron chi connectivity index (χ3n) is 2.79. The van der Waals surface area contributed by atoms with E-state index in [4.69, 9.17) is 15.2 Å². The summed E-state index contributed by atoms with van der Waals surface area (Å²) < 4.78 is 47.2. The van der Waals surface area contributed by atoms with Gasteiger partial charge in [-0.1, -0.05) is 13.0 Å². The first-order valence-electron chi connectivity index (χ1n) is 7.11. The van der Waals surface area contributed by atoms with Crippen LogP contribution in [0.4, 0.5) is 13.2 Å². The fraction of sp³-hybridized carbons (Fsp3) is 0.600. The Kier molecular flexibility index (Phi) is 7.36. The Morgan fingerprint density at radius 2 is 1.90 bits per heavy atom. The van der Waals surface area contributed by atoms with Gasteiger partial charge in [-0.05, 0) is 37.4 Å². The van der Waals surface area contributed by atoms with Crippen molar-refractivity contribution < 1.29 is 22.6 Å². The molecule has 0 aliphatic carbocycles. The van der Waals surface area contributed by atoms with Crippen molar-refractivity contribution in [3.05, 3.63) is 23.8 Å². The summed E-state index contributed by atoms with van der Waals surface area (Å²) in [5.41, 5.74) is 6.41. The highest BCUT2D eigenvalue weighted by Gasteiger charge is 2.26. The normalized spacial score (nSPS) is 11.5. The van der Waals surface area contributed by atoms with Crippen LogP contribution >= 0.6 is 0 Å². The van der Waals surface area contributed by atoms with Crippen molar-refractivity contribution >= 4 is 0 Å². The SMILES string of the molecule is CCCOc1ccc(CCN)c(OCCCC(F)(F)F)c1. The lowest BCUT2D eigenvalue weighted by atomic mass is 10.1. The Hall–Kier alpha value is -1.43. The van der Waals surface area contributed by atoms with Crippen molar-refractivity contribution in [3.8, 4) is 11.5 Å². The molecule has 0 aliphatic rings. The highest BCUT2D eigenvalue weighted by molar-refractivity contribution is 5.41. The van der Waals surface area contributed by atoms with E-state index in [1.807, 2.05) is 19.1 Å². The predicted molar refractivity (Wildman–Crippen MR) is 75.8 cm³/mol. The number of alkyl halides is 3. The minimum Gasteiger partial charge on any atom is -0.493 e. The Labute approximate surface area is 123 Å². The summed E-state index contributed by atoms with van der Waals surface area (Å²) >= 11 is 0. The van der Waals surface area contributed by atoms with E-state index in [1.54, 1.807) is 6.07 Å². The van der Waals surface area contributed by atoms with E-state index in [0.29, 0.717) is 31.1 Å². The lowest BCUT2D eigenvalue weighted by molar-refractivity contribution is -0.136. The van der Waals surface area contributed by atoms with Crippen LogP contribution in [0.5, 0.6) is 11.5 Å². The van der Waals surface area contributed by atoms with Crippen molar-refractivity contribution in [2.75, 3.05) is 19.8 Å². The first kappa shape index (κ1) is 17.6. The Morgan fingerprint density at radius 1 is 1.14 bits per heavy atom. The standard InChI is InChI=1S/C15H22F3NO2/c1-2-9-20-13-5-4-12(6-8-19)14(11-13)21-10-3-7-15(16,17)18/h4-5,11H,2-3,6-10,19H2,1H3. The maximum Gasteiger partial charge on any atom is 0.389 e. The molecular formula is C15H22F3NO2. The van der Waals surface area contributed by atoms with Crippen molar-refractivity contribution in [2.45, 2.75) is 38.8 Å². The van der Waals surface area contributed by atoms with E-state index in [-0.39, 0.29) is 13.0 Å². The number of halogens is 3. The Bertz CT molecular complexity index is 422. The van der Waals surface area contributed by atoms with Gasteiger partial charge >= 0.3 is 6.18 Å². The number of ether oxygens (including phenoxy) is 2. The van der Waals surface area contributed by atoms with Gasteiger partial charge in [0.2, 0.25) is 0 Å². The van der Waals surface area contributed by atoms with Gasteiger partial charge in [0.25, 0.3) is 0 Å². The highest BCUT2D eigenvalue weighted by atomic mass is 19.4. The molecule has 0 heterocycles. The third-order valence-corrected chi connectivity index (χ3v) is 2.79. The molecule has 0 aliphatic heterocycles. The zero-order valence-corrected chi connectivity index (χ0v) is 12.2. The summed E-state index contributed by atoms with van der Waals surface area (Å²) in [6, 6.07) is 5.38. The first-order valence-corrected chi connectivity index (χ1v) is 7.11. The molecule has 0 atom stereocenters. The number of nitrogens with two attached hydrogens (primary N) is 1. The second kappa shape index (κ2) is 8.77. The van der Waals surface area contributed by atoms with Gasteiger partial charge in [0.05, 0.1) is 13.2 Å². The molecule has 0 aromatic heterocycles. The van der Waals surface area contributed by atoms with E-state index in [9.17, 15) is 13.2 Å². The molecule has 0 amide bonds. The molecular weight excluding hydrogens is 283 g/mol. The van der Waals surface area contributed by atoms with E-state index in [0.717, 1.165) is 12.0 Å².